The van der Waals surface area contributed by atoms with Gasteiger partial charge in [0.1, 0.15) is 0 Å². The van der Waals surface area contributed by atoms with Crippen molar-refractivity contribution < 1.29 is 27.8 Å². The van der Waals surface area contributed by atoms with Crippen LogP contribution in [0.3, 0.4) is 0 Å². The maximum Gasteiger partial charge on any atom is 0.404 e. The Morgan fingerprint density at radius 1 is 1.24 bits per heavy atom. The van der Waals surface area contributed by atoms with Gasteiger partial charge in [0.2, 0.25) is 11.5 Å². The van der Waals surface area contributed by atoms with Crippen molar-refractivity contribution in [1.29, 1.82) is 0 Å². The number of rotatable bonds is 3. The summed E-state index contributed by atoms with van der Waals surface area (Å²) in [6, 6.07) is 0. The molecule has 17 heavy (non-hydrogen) atoms. The molecule has 0 spiro atoms. The molecule has 1 rings (SSSR count). The van der Waals surface area contributed by atoms with E-state index >= 15 is 0 Å². The molecule has 0 radical (unpaired) electrons. The number of hydrogen-bond donors (Lipinski definition) is 0. The lowest BCUT2D eigenvalue weighted by Gasteiger charge is -2.36. The number of hydrogen-bond acceptors (Lipinski definition) is 4. The van der Waals surface area contributed by atoms with E-state index in [4.69, 9.17) is 21.1 Å². The molecule has 98 valence electrons. The molecule has 0 unspecified atom stereocenters. The molecule has 7 heteroatoms. The Bertz CT molecular complexity index is 309. The first-order valence-electron chi connectivity index (χ1n) is 5.25. The van der Waals surface area contributed by atoms with Crippen molar-refractivity contribution >= 4 is 23.0 Å². The topological polar surface area (TPSA) is 52.6 Å². The van der Waals surface area contributed by atoms with E-state index in [0.29, 0.717) is 0 Å². The second-order valence-corrected chi connectivity index (χ2v) is 4.22. The van der Waals surface area contributed by atoms with Crippen LogP contribution in [-0.4, -0.2) is 29.5 Å². The summed E-state index contributed by atoms with van der Waals surface area (Å²) in [4.78, 5) is 22.4. The lowest BCUT2D eigenvalue weighted by Crippen LogP contribution is -2.48. The largest absolute Gasteiger partial charge is 0.463 e. The Kier molecular flexibility index (Phi) is 4.30. The maximum absolute atomic E-state index is 13.0. The number of alkyl halides is 2. The van der Waals surface area contributed by atoms with Gasteiger partial charge in [-0.1, -0.05) is 0 Å². The highest BCUT2D eigenvalue weighted by molar-refractivity contribution is 6.61. The van der Waals surface area contributed by atoms with Gasteiger partial charge in [0.15, 0.2) is 0 Å². The second kappa shape index (κ2) is 5.16. The van der Waals surface area contributed by atoms with Gasteiger partial charge in [0.25, 0.3) is 0 Å². The van der Waals surface area contributed by atoms with Gasteiger partial charge in [0.05, 0.1) is 6.61 Å². The summed E-state index contributed by atoms with van der Waals surface area (Å²) in [5.41, 5.74) is -2.85. The van der Waals surface area contributed by atoms with Gasteiger partial charge >= 0.3 is 11.4 Å². The van der Waals surface area contributed by atoms with Crippen LogP contribution in [0.15, 0.2) is 0 Å². The number of halogens is 3. The molecule has 1 fully saturated rings. The molecule has 1 aliphatic rings. The highest BCUT2D eigenvalue weighted by atomic mass is 35.5. The van der Waals surface area contributed by atoms with Gasteiger partial charge in [-0.3, -0.25) is 0 Å². The third-order valence-corrected chi connectivity index (χ3v) is 2.79. The molecule has 0 aliphatic heterocycles. The van der Waals surface area contributed by atoms with Crippen molar-refractivity contribution in [1.82, 2.24) is 0 Å². The first-order valence-corrected chi connectivity index (χ1v) is 5.63. The molecule has 0 amide bonds. The van der Waals surface area contributed by atoms with Gasteiger partial charge in [-0.2, -0.15) is 0 Å². The second-order valence-electron chi connectivity index (χ2n) is 3.91. The predicted molar refractivity (Wildman–Crippen MR) is 55.1 cm³/mol. The zero-order chi connectivity index (χ0) is 13.1. The van der Waals surface area contributed by atoms with Crippen LogP contribution in [-0.2, 0) is 14.3 Å². The molecule has 0 saturated heterocycles. The molecule has 0 bridgehead atoms. The van der Waals surface area contributed by atoms with E-state index in [-0.39, 0.29) is 19.4 Å². The van der Waals surface area contributed by atoms with Crippen molar-refractivity contribution in [2.45, 2.75) is 44.1 Å². The molecule has 1 saturated carbocycles. The van der Waals surface area contributed by atoms with Crippen LogP contribution in [0.2, 0.25) is 0 Å². The van der Waals surface area contributed by atoms with Crippen LogP contribution in [0.1, 0.15) is 32.6 Å². The number of esters is 1. The fourth-order valence-electron chi connectivity index (χ4n) is 1.78. The third kappa shape index (κ3) is 3.52. The van der Waals surface area contributed by atoms with Gasteiger partial charge in [-0.15, -0.1) is 0 Å². The highest BCUT2D eigenvalue weighted by Gasteiger charge is 2.51. The molecule has 4 nitrogen and oxygen atoms in total. The Morgan fingerprint density at radius 3 is 2.18 bits per heavy atom. The summed E-state index contributed by atoms with van der Waals surface area (Å²) in [6.45, 7) is 1.66. The van der Waals surface area contributed by atoms with Crippen LogP contribution in [0.4, 0.5) is 13.6 Å². The van der Waals surface area contributed by atoms with Crippen molar-refractivity contribution in [3.05, 3.63) is 0 Å². The van der Waals surface area contributed by atoms with Crippen molar-refractivity contribution in [2.75, 3.05) is 6.61 Å². The van der Waals surface area contributed by atoms with E-state index < -0.39 is 35.8 Å². The average molecular weight is 271 g/mol. The zero-order valence-electron chi connectivity index (χ0n) is 9.30. The number of ether oxygens (including phenoxy) is 2. The van der Waals surface area contributed by atoms with E-state index in [1.54, 1.807) is 6.92 Å². The van der Waals surface area contributed by atoms with Gasteiger partial charge < -0.3 is 9.47 Å². The molecular formula is C10H13ClF2O4. The zero-order valence-corrected chi connectivity index (χ0v) is 10.1. The molecule has 0 aromatic carbocycles. The van der Waals surface area contributed by atoms with Crippen LogP contribution in [0.5, 0.6) is 0 Å². The molecule has 0 heterocycles. The monoisotopic (exact) mass is 270 g/mol. The van der Waals surface area contributed by atoms with Gasteiger partial charge in [0, 0.05) is 37.3 Å². The minimum Gasteiger partial charge on any atom is -0.463 e. The molecule has 0 aromatic heterocycles. The lowest BCUT2D eigenvalue weighted by molar-refractivity contribution is -0.175. The van der Waals surface area contributed by atoms with Crippen molar-refractivity contribution in [2.24, 2.45) is 0 Å². The van der Waals surface area contributed by atoms with Crippen molar-refractivity contribution in [3.63, 3.8) is 0 Å². The van der Waals surface area contributed by atoms with E-state index in [0.717, 1.165) is 0 Å². The first kappa shape index (κ1) is 14.2. The van der Waals surface area contributed by atoms with Crippen LogP contribution < -0.4 is 0 Å². The maximum atomic E-state index is 13.0. The Morgan fingerprint density at radius 2 is 1.76 bits per heavy atom. The fraction of sp³-hybridized carbons (Fsp3) is 0.800. The number of carbonyl (C=O) groups excluding carboxylic acids is 2. The van der Waals surface area contributed by atoms with Crippen molar-refractivity contribution in [3.8, 4) is 0 Å². The summed E-state index contributed by atoms with van der Waals surface area (Å²) < 4.78 is 35.5. The first-order chi connectivity index (χ1) is 7.81. The molecular weight excluding hydrogens is 258 g/mol. The minimum absolute atomic E-state index is 0.0802. The third-order valence-electron chi connectivity index (χ3n) is 2.71. The van der Waals surface area contributed by atoms with E-state index in [9.17, 15) is 18.4 Å². The Labute approximate surface area is 102 Å². The van der Waals surface area contributed by atoms with E-state index in [1.807, 2.05) is 0 Å². The molecule has 0 atom stereocenters. The molecule has 0 N–H and O–H groups in total. The normalized spacial score (nSPS) is 21.6. The number of carbonyl (C=O) groups is 2. The minimum atomic E-state index is -2.84. The van der Waals surface area contributed by atoms with Gasteiger partial charge in [-0.25, -0.2) is 18.4 Å². The Hall–Kier alpha value is -0.910. The SMILES string of the molecule is CCOC(=O)C1(OC(=O)Cl)CCC(F)(F)CC1. The summed E-state index contributed by atoms with van der Waals surface area (Å²) in [5.74, 6) is -3.65. The van der Waals surface area contributed by atoms with Crippen LogP contribution >= 0.6 is 11.6 Å². The summed E-state index contributed by atoms with van der Waals surface area (Å²) in [6.07, 6.45) is -1.62. The van der Waals surface area contributed by atoms with Crippen LogP contribution in [0.25, 0.3) is 0 Å². The molecule has 0 aromatic rings. The smallest absolute Gasteiger partial charge is 0.404 e. The van der Waals surface area contributed by atoms with E-state index in [1.165, 1.54) is 0 Å². The predicted octanol–water partition coefficient (Wildman–Crippen LogP) is 2.87. The highest BCUT2D eigenvalue weighted by Crippen LogP contribution is 2.41. The average Bonchev–Trinajstić information content (AvgIpc) is 2.21. The Balaban J connectivity index is 2.81. The standard InChI is InChI=1S/C10H13ClF2O4/c1-2-16-7(14)9(17-8(11)15)3-5-10(12,13)6-4-9/h2-6H2,1H3. The van der Waals surface area contributed by atoms with E-state index in [2.05, 4.69) is 0 Å². The summed E-state index contributed by atoms with van der Waals surface area (Å²) in [7, 11) is 0. The summed E-state index contributed by atoms with van der Waals surface area (Å²) >= 11 is 5.06. The summed E-state index contributed by atoms with van der Waals surface area (Å²) in [5, 5.41) is 0. The molecule has 1 aliphatic carbocycles. The van der Waals surface area contributed by atoms with Crippen LogP contribution in [0, 0.1) is 0 Å². The lowest BCUT2D eigenvalue weighted by atomic mass is 9.82. The van der Waals surface area contributed by atoms with Gasteiger partial charge in [-0.05, 0) is 6.92 Å². The fourth-order valence-corrected chi connectivity index (χ4v) is 1.93. The quantitative estimate of drug-likeness (QED) is 0.584.